The molecule has 4 rings (SSSR count). The van der Waals surface area contributed by atoms with Gasteiger partial charge in [0.05, 0.1) is 5.69 Å². The molecule has 3 N–H and O–H groups in total. The van der Waals surface area contributed by atoms with Crippen LogP contribution >= 0.6 is 11.5 Å². The second-order valence-corrected chi connectivity index (χ2v) is 8.84. The molecule has 2 aromatic carbocycles. The number of nitrogens with one attached hydrogen (secondary N) is 2. The first-order chi connectivity index (χ1) is 16.9. The Labute approximate surface area is 206 Å². The summed E-state index contributed by atoms with van der Waals surface area (Å²) in [5.74, 6) is -1.89. The Morgan fingerprint density at radius 3 is 2.31 bits per heavy atom. The molecule has 1 unspecified atom stereocenters. The molecule has 0 saturated heterocycles. The lowest BCUT2D eigenvalue weighted by Gasteiger charge is -2.19. The van der Waals surface area contributed by atoms with Gasteiger partial charge < -0.3 is 25.2 Å². The number of aromatic nitrogens is 1. The van der Waals surface area contributed by atoms with Gasteiger partial charge in [-0.15, -0.1) is 0 Å². The van der Waals surface area contributed by atoms with Gasteiger partial charge in [0, 0.05) is 26.1 Å². The molecule has 0 fully saturated rings. The number of amides is 2. The van der Waals surface area contributed by atoms with E-state index in [9.17, 15) is 19.5 Å². The second kappa shape index (κ2) is 10.7. The van der Waals surface area contributed by atoms with Crippen LogP contribution in [0.15, 0.2) is 48.5 Å². The standard InChI is InChI=1S/C25H25N3O6S/c1-14-21(24(30)31)23(35-28-14)27-22(29)20(11-12-33-2)26-25(32)34-13-19-17-9-5-3-7-15(17)16-8-4-6-10-18(16)19/h3-10,19-20H,11-13H2,1-2H3,(H,26,32)(H,27,29)(H,30,31). The van der Waals surface area contributed by atoms with E-state index >= 15 is 0 Å². The molecule has 1 aromatic heterocycles. The summed E-state index contributed by atoms with van der Waals surface area (Å²) in [7, 11) is 1.48. The number of carboxylic acids is 1. The SMILES string of the molecule is COCCC(NC(=O)OCC1c2ccccc2-c2ccccc21)C(=O)Nc1snc(C)c1C(=O)O. The summed E-state index contributed by atoms with van der Waals surface area (Å²) < 4.78 is 14.6. The molecule has 10 heteroatoms. The molecule has 0 spiro atoms. The molecule has 0 saturated carbocycles. The quantitative estimate of drug-likeness (QED) is 0.409. The van der Waals surface area contributed by atoms with Gasteiger partial charge in [-0.05, 0) is 40.7 Å². The fraction of sp³-hybridized carbons (Fsp3) is 0.280. The number of nitrogens with zero attached hydrogens (tertiary/aromatic N) is 1. The molecule has 1 aliphatic rings. The van der Waals surface area contributed by atoms with Crippen LogP contribution in [0.5, 0.6) is 0 Å². The normalized spacial score (nSPS) is 13.0. The van der Waals surface area contributed by atoms with Crippen molar-refractivity contribution in [1.82, 2.24) is 9.69 Å². The molecule has 9 nitrogen and oxygen atoms in total. The number of ether oxygens (including phenoxy) is 2. The van der Waals surface area contributed by atoms with E-state index in [0.29, 0.717) is 5.69 Å². The number of anilines is 1. The lowest BCUT2D eigenvalue weighted by molar-refractivity contribution is -0.118. The highest BCUT2D eigenvalue weighted by atomic mass is 32.1. The molecule has 182 valence electrons. The molecule has 1 heterocycles. The van der Waals surface area contributed by atoms with Gasteiger partial charge in [0.1, 0.15) is 23.2 Å². The number of rotatable bonds is 9. The molecule has 0 bridgehead atoms. The first-order valence-electron chi connectivity index (χ1n) is 11.0. The zero-order valence-corrected chi connectivity index (χ0v) is 20.1. The topological polar surface area (TPSA) is 127 Å². The molecule has 0 aliphatic heterocycles. The number of aryl methyl sites for hydroxylation is 1. The summed E-state index contributed by atoms with van der Waals surface area (Å²) in [6.07, 6.45) is -0.575. The van der Waals surface area contributed by atoms with E-state index in [0.717, 1.165) is 33.8 Å². The number of alkyl carbamates (subject to hydrolysis) is 1. The number of hydrogen-bond donors (Lipinski definition) is 3. The van der Waals surface area contributed by atoms with Crippen LogP contribution in [-0.2, 0) is 14.3 Å². The Hall–Kier alpha value is -3.76. The average molecular weight is 496 g/mol. The minimum absolute atomic E-state index is 0.0741. The van der Waals surface area contributed by atoms with Crippen molar-refractivity contribution in [3.05, 3.63) is 70.9 Å². The van der Waals surface area contributed by atoms with Crippen LogP contribution in [0.1, 0.15) is 39.5 Å². The van der Waals surface area contributed by atoms with Crippen molar-refractivity contribution >= 4 is 34.5 Å². The van der Waals surface area contributed by atoms with Gasteiger partial charge >= 0.3 is 12.1 Å². The van der Waals surface area contributed by atoms with Gasteiger partial charge in [0.15, 0.2) is 0 Å². The van der Waals surface area contributed by atoms with Crippen molar-refractivity contribution in [2.45, 2.75) is 25.3 Å². The van der Waals surface area contributed by atoms with Gasteiger partial charge in [-0.1, -0.05) is 48.5 Å². The van der Waals surface area contributed by atoms with Crippen LogP contribution in [0.3, 0.4) is 0 Å². The van der Waals surface area contributed by atoms with Crippen LogP contribution < -0.4 is 10.6 Å². The zero-order chi connectivity index (χ0) is 24.9. The molecule has 35 heavy (non-hydrogen) atoms. The summed E-state index contributed by atoms with van der Waals surface area (Å²) in [6, 6.07) is 15.0. The predicted octanol–water partition coefficient (Wildman–Crippen LogP) is 4.03. The van der Waals surface area contributed by atoms with Gasteiger partial charge in [-0.25, -0.2) is 9.59 Å². The number of benzene rings is 2. The number of hydrogen-bond acceptors (Lipinski definition) is 7. The minimum Gasteiger partial charge on any atom is -0.478 e. The third kappa shape index (κ3) is 5.18. The summed E-state index contributed by atoms with van der Waals surface area (Å²) in [4.78, 5) is 37.0. The highest BCUT2D eigenvalue weighted by Gasteiger charge is 2.30. The molecule has 0 radical (unpaired) electrons. The Morgan fingerprint density at radius 2 is 1.71 bits per heavy atom. The maximum atomic E-state index is 12.9. The van der Waals surface area contributed by atoms with Gasteiger partial charge in [0.25, 0.3) is 0 Å². The fourth-order valence-electron chi connectivity index (χ4n) is 4.19. The van der Waals surface area contributed by atoms with E-state index in [-0.39, 0.29) is 36.1 Å². The number of carbonyl (C=O) groups excluding carboxylic acids is 2. The lowest BCUT2D eigenvalue weighted by Crippen LogP contribution is -2.45. The Morgan fingerprint density at radius 1 is 1.09 bits per heavy atom. The number of carbonyl (C=O) groups is 3. The Bertz CT molecular complexity index is 1210. The van der Waals surface area contributed by atoms with Gasteiger partial charge in [0.2, 0.25) is 5.91 Å². The van der Waals surface area contributed by atoms with E-state index in [1.54, 1.807) is 6.92 Å². The van der Waals surface area contributed by atoms with Crippen LogP contribution in [0.2, 0.25) is 0 Å². The molecule has 1 atom stereocenters. The van der Waals surface area contributed by atoms with Crippen LogP contribution in [0.4, 0.5) is 9.80 Å². The first kappa shape index (κ1) is 24.4. The zero-order valence-electron chi connectivity index (χ0n) is 19.2. The van der Waals surface area contributed by atoms with Gasteiger partial charge in [-0.2, -0.15) is 4.37 Å². The van der Waals surface area contributed by atoms with E-state index < -0.39 is 24.0 Å². The maximum Gasteiger partial charge on any atom is 0.407 e. The maximum absolute atomic E-state index is 12.9. The molecule has 3 aromatic rings. The van der Waals surface area contributed by atoms with Crippen LogP contribution in [0.25, 0.3) is 11.1 Å². The molecule has 1 aliphatic carbocycles. The minimum atomic E-state index is -1.19. The van der Waals surface area contributed by atoms with Crippen molar-refractivity contribution in [3.63, 3.8) is 0 Å². The predicted molar refractivity (Wildman–Crippen MR) is 131 cm³/mol. The fourth-order valence-corrected chi connectivity index (χ4v) is 4.98. The molecule has 2 amide bonds. The number of aromatic carboxylic acids is 1. The van der Waals surface area contributed by atoms with Crippen molar-refractivity contribution in [3.8, 4) is 11.1 Å². The Kier molecular flexibility index (Phi) is 7.42. The highest BCUT2D eigenvalue weighted by Crippen LogP contribution is 2.44. The third-order valence-electron chi connectivity index (χ3n) is 5.88. The van der Waals surface area contributed by atoms with E-state index in [1.165, 1.54) is 7.11 Å². The second-order valence-electron chi connectivity index (χ2n) is 8.07. The van der Waals surface area contributed by atoms with Crippen molar-refractivity contribution in [2.75, 3.05) is 25.6 Å². The van der Waals surface area contributed by atoms with Crippen molar-refractivity contribution in [2.24, 2.45) is 0 Å². The number of fused-ring (bicyclic) bond motifs is 3. The van der Waals surface area contributed by atoms with Crippen LogP contribution in [0, 0.1) is 6.92 Å². The lowest BCUT2D eigenvalue weighted by atomic mass is 9.98. The average Bonchev–Trinajstić information content (AvgIpc) is 3.37. The third-order valence-corrected chi connectivity index (χ3v) is 6.73. The summed E-state index contributed by atoms with van der Waals surface area (Å²) in [5, 5.41) is 14.6. The van der Waals surface area contributed by atoms with Gasteiger partial charge in [-0.3, -0.25) is 4.79 Å². The van der Waals surface area contributed by atoms with E-state index in [4.69, 9.17) is 9.47 Å². The Balaban J connectivity index is 1.43. The molecular formula is C25H25N3O6S. The monoisotopic (exact) mass is 495 g/mol. The molecular weight excluding hydrogens is 470 g/mol. The smallest absolute Gasteiger partial charge is 0.407 e. The number of methoxy groups -OCH3 is 1. The van der Waals surface area contributed by atoms with Crippen molar-refractivity contribution < 1.29 is 29.0 Å². The number of carboxylic acid groups (broad SMARTS) is 1. The first-order valence-corrected chi connectivity index (χ1v) is 11.8. The highest BCUT2D eigenvalue weighted by molar-refractivity contribution is 7.11. The largest absolute Gasteiger partial charge is 0.478 e. The van der Waals surface area contributed by atoms with Crippen LogP contribution in [-0.4, -0.2) is 53.8 Å². The van der Waals surface area contributed by atoms with E-state index in [1.807, 2.05) is 48.5 Å². The van der Waals surface area contributed by atoms with E-state index in [2.05, 4.69) is 15.0 Å². The van der Waals surface area contributed by atoms with Crippen molar-refractivity contribution in [1.29, 1.82) is 0 Å². The summed E-state index contributed by atoms with van der Waals surface area (Å²) >= 11 is 0.869. The summed E-state index contributed by atoms with van der Waals surface area (Å²) in [6.45, 7) is 1.86. The summed E-state index contributed by atoms with van der Waals surface area (Å²) in [5.41, 5.74) is 4.62.